The van der Waals surface area contributed by atoms with Crippen LogP contribution in [0.4, 0.5) is 0 Å². The average molecular weight is 393 g/mol. The van der Waals surface area contributed by atoms with Crippen LogP contribution in [-0.4, -0.2) is 24.5 Å². The Morgan fingerprint density at radius 1 is 1.10 bits per heavy atom. The third kappa shape index (κ3) is 3.66. The number of benzene rings is 1. The molecule has 2 aliphatic heterocycles. The van der Waals surface area contributed by atoms with Gasteiger partial charge >= 0.3 is 0 Å². The smallest absolute Gasteiger partial charge is 0.105 e. The zero-order chi connectivity index (χ0) is 20.8. The van der Waals surface area contributed by atoms with Crippen molar-refractivity contribution in [2.45, 2.75) is 59.8 Å². The van der Waals surface area contributed by atoms with Crippen molar-refractivity contribution < 1.29 is 4.74 Å². The van der Waals surface area contributed by atoms with Crippen LogP contribution in [0.3, 0.4) is 0 Å². The molecule has 3 aliphatic rings. The molecule has 1 aromatic carbocycles. The van der Waals surface area contributed by atoms with Gasteiger partial charge in [-0.15, -0.1) is 0 Å². The summed E-state index contributed by atoms with van der Waals surface area (Å²) in [6.07, 6.45) is 3.46. The first-order valence-corrected chi connectivity index (χ1v) is 11.2. The monoisotopic (exact) mass is 392 g/mol. The molecule has 1 aliphatic carbocycles. The van der Waals surface area contributed by atoms with Gasteiger partial charge in [0.1, 0.15) is 11.5 Å². The van der Waals surface area contributed by atoms with E-state index in [1.54, 1.807) is 0 Å². The lowest BCUT2D eigenvalue weighted by Crippen LogP contribution is -2.42. The van der Waals surface area contributed by atoms with Crippen LogP contribution >= 0.6 is 0 Å². The van der Waals surface area contributed by atoms with Crippen molar-refractivity contribution in [2.75, 3.05) is 19.6 Å². The Balaban J connectivity index is 1.51. The molecule has 2 N–H and O–H groups in total. The van der Waals surface area contributed by atoms with Crippen LogP contribution in [0.5, 0.6) is 0 Å². The molecule has 0 spiro atoms. The minimum atomic E-state index is -0.0143. The number of fused-ring (bicyclic) bond motifs is 1. The third-order valence-corrected chi connectivity index (χ3v) is 7.18. The minimum absolute atomic E-state index is 0.0143. The van der Waals surface area contributed by atoms with Crippen LogP contribution in [-0.2, 0) is 4.74 Å². The minimum Gasteiger partial charge on any atom is -0.466 e. The lowest BCUT2D eigenvalue weighted by Gasteiger charge is -2.38. The zero-order valence-electron chi connectivity index (χ0n) is 18.7. The Morgan fingerprint density at radius 3 is 2.38 bits per heavy atom. The van der Waals surface area contributed by atoms with Crippen molar-refractivity contribution >= 4 is 0 Å². The highest BCUT2D eigenvalue weighted by Gasteiger charge is 2.44. The van der Waals surface area contributed by atoms with Gasteiger partial charge in [-0.3, -0.25) is 0 Å². The van der Waals surface area contributed by atoms with Crippen molar-refractivity contribution in [2.24, 2.45) is 17.1 Å². The second kappa shape index (κ2) is 7.68. The zero-order valence-corrected chi connectivity index (χ0v) is 18.7. The highest BCUT2D eigenvalue weighted by atomic mass is 16.5. The summed E-state index contributed by atoms with van der Waals surface area (Å²) in [5.74, 6) is 3.16. The molecule has 0 bridgehead atoms. The quantitative estimate of drug-likeness (QED) is 0.712. The summed E-state index contributed by atoms with van der Waals surface area (Å²) in [5, 5.41) is 0. The first-order chi connectivity index (χ1) is 13.8. The molecule has 1 fully saturated rings. The van der Waals surface area contributed by atoms with Crippen molar-refractivity contribution in [1.29, 1.82) is 0 Å². The van der Waals surface area contributed by atoms with Gasteiger partial charge in [-0.2, -0.15) is 0 Å². The number of hydrogen-bond donors (Lipinski definition) is 1. The number of hydrogen-bond acceptors (Lipinski definition) is 3. The van der Waals surface area contributed by atoms with E-state index in [1.807, 2.05) is 0 Å². The highest BCUT2D eigenvalue weighted by Crippen LogP contribution is 2.52. The molecule has 0 saturated carbocycles. The van der Waals surface area contributed by atoms with Gasteiger partial charge in [0.05, 0.1) is 0 Å². The van der Waals surface area contributed by atoms with Crippen LogP contribution in [0.2, 0.25) is 0 Å². The number of allylic oxidation sites excluding steroid dienone is 5. The highest BCUT2D eigenvalue weighted by molar-refractivity contribution is 5.59. The Hall–Kier alpha value is -2.00. The standard InChI is InChI=1S/C26H36N2O/c1-17(2)23-19(4)29-18(3)22-15-26(5,25(27)24(22)23)16-28-13-11-21(12-14-28)20-9-7-6-8-10-20/h6-10,17,21H,11-16,27H2,1-5H3. The summed E-state index contributed by atoms with van der Waals surface area (Å²) >= 11 is 0. The molecule has 2 heterocycles. The number of ether oxygens (including phenoxy) is 1. The molecule has 3 nitrogen and oxygen atoms in total. The number of likely N-dealkylation sites (tertiary alicyclic amines) is 1. The molecule has 4 rings (SSSR count). The normalized spacial score (nSPS) is 26.4. The van der Waals surface area contributed by atoms with Gasteiger partial charge in [0.15, 0.2) is 0 Å². The molecule has 1 unspecified atom stereocenters. The number of nitrogens with two attached hydrogens (primary N) is 1. The van der Waals surface area contributed by atoms with E-state index in [-0.39, 0.29) is 5.41 Å². The lowest BCUT2D eigenvalue weighted by molar-refractivity contribution is 0.155. The second-order valence-corrected chi connectivity index (χ2v) is 9.75. The van der Waals surface area contributed by atoms with E-state index in [4.69, 9.17) is 10.5 Å². The van der Waals surface area contributed by atoms with Gasteiger partial charge < -0.3 is 15.4 Å². The maximum Gasteiger partial charge on any atom is 0.105 e. The molecule has 0 amide bonds. The van der Waals surface area contributed by atoms with E-state index in [1.165, 1.54) is 35.1 Å². The van der Waals surface area contributed by atoms with Crippen molar-refractivity contribution in [3.05, 3.63) is 69.8 Å². The number of piperidine rings is 1. The fraction of sp³-hybridized carbons (Fsp3) is 0.538. The van der Waals surface area contributed by atoms with Crippen molar-refractivity contribution in [3.63, 3.8) is 0 Å². The Kier molecular flexibility index (Phi) is 5.37. The Bertz CT molecular complexity index is 869. The van der Waals surface area contributed by atoms with Gasteiger partial charge in [-0.25, -0.2) is 0 Å². The van der Waals surface area contributed by atoms with Gasteiger partial charge in [-0.1, -0.05) is 51.1 Å². The van der Waals surface area contributed by atoms with E-state index in [2.05, 4.69) is 69.9 Å². The fourth-order valence-electron chi connectivity index (χ4n) is 5.65. The van der Waals surface area contributed by atoms with Crippen LogP contribution in [0, 0.1) is 11.3 Å². The summed E-state index contributed by atoms with van der Waals surface area (Å²) in [6, 6.07) is 11.0. The lowest BCUT2D eigenvalue weighted by atomic mass is 9.83. The molecule has 0 aromatic heterocycles. The maximum atomic E-state index is 6.89. The fourth-order valence-corrected chi connectivity index (χ4v) is 5.65. The van der Waals surface area contributed by atoms with Crippen molar-refractivity contribution in [1.82, 2.24) is 4.90 Å². The van der Waals surface area contributed by atoms with E-state index in [0.717, 1.165) is 43.3 Å². The van der Waals surface area contributed by atoms with Gasteiger partial charge in [0.2, 0.25) is 0 Å². The van der Waals surface area contributed by atoms with Crippen LogP contribution in [0.25, 0.3) is 0 Å². The number of nitrogens with zero attached hydrogens (tertiary/aromatic N) is 1. The molecule has 1 saturated heterocycles. The molecular formula is C26H36N2O. The largest absolute Gasteiger partial charge is 0.466 e. The van der Waals surface area contributed by atoms with Crippen molar-refractivity contribution in [3.8, 4) is 0 Å². The first kappa shape index (κ1) is 20.3. The van der Waals surface area contributed by atoms with Gasteiger partial charge in [-0.05, 0) is 63.6 Å². The molecule has 0 radical (unpaired) electrons. The summed E-state index contributed by atoms with van der Waals surface area (Å²) in [4.78, 5) is 2.63. The summed E-state index contributed by atoms with van der Waals surface area (Å²) in [5.41, 5.74) is 13.4. The molecule has 156 valence electrons. The van der Waals surface area contributed by atoms with E-state index in [9.17, 15) is 0 Å². The molecule has 29 heavy (non-hydrogen) atoms. The van der Waals surface area contributed by atoms with Crippen LogP contribution in [0.15, 0.2) is 64.3 Å². The Morgan fingerprint density at radius 2 is 1.76 bits per heavy atom. The SMILES string of the molecule is CC1=C2CC(C)(CN3CCC(c4ccccc4)CC3)C(N)=C2C(C(C)C)=C(C)O1. The molecule has 1 aromatic rings. The van der Waals surface area contributed by atoms with Crippen LogP contribution in [0.1, 0.15) is 65.4 Å². The predicted molar refractivity (Wildman–Crippen MR) is 120 cm³/mol. The van der Waals surface area contributed by atoms with Crippen LogP contribution < -0.4 is 5.73 Å². The number of rotatable bonds is 4. The maximum absolute atomic E-state index is 6.89. The van der Waals surface area contributed by atoms with E-state index >= 15 is 0 Å². The third-order valence-electron chi connectivity index (χ3n) is 7.18. The molecule has 1 atom stereocenters. The van der Waals surface area contributed by atoms with E-state index in [0.29, 0.717) is 11.8 Å². The first-order valence-electron chi connectivity index (χ1n) is 11.2. The average Bonchev–Trinajstić information content (AvgIpc) is 2.95. The molecular weight excluding hydrogens is 356 g/mol. The topological polar surface area (TPSA) is 38.5 Å². The van der Waals surface area contributed by atoms with Gasteiger partial charge in [0, 0.05) is 34.4 Å². The summed E-state index contributed by atoms with van der Waals surface area (Å²) in [7, 11) is 0. The Labute approximate surface area is 176 Å². The summed E-state index contributed by atoms with van der Waals surface area (Å²) in [6.45, 7) is 14.3. The van der Waals surface area contributed by atoms with E-state index < -0.39 is 0 Å². The summed E-state index contributed by atoms with van der Waals surface area (Å²) < 4.78 is 6.12. The molecule has 3 heteroatoms. The van der Waals surface area contributed by atoms with Gasteiger partial charge in [0.25, 0.3) is 0 Å². The second-order valence-electron chi connectivity index (χ2n) is 9.75. The predicted octanol–water partition coefficient (Wildman–Crippen LogP) is 5.72.